The number of benzene rings is 2. The van der Waals surface area contributed by atoms with Crippen LogP contribution < -0.4 is 15.4 Å². The van der Waals surface area contributed by atoms with E-state index in [0.717, 1.165) is 0 Å². The lowest BCUT2D eigenvalue weighted by Gasteiger charge is -2.12. The fourth-order valence-corrected chi connectivity index (χ4v) is 4.20. The van der Waals surface area contributed by atoms with Gasteiger partial charge in [0.1, 0.15) is 5.75 Å². The Balaban J connectivity index is 1.81. The van der Waals surface area contributed by atoms with E-state index in [0.29, 0.717) is 17.1 Å². The molecule has 0 radical (unpaired) electrons. The van der Waals surface area contributed by atoms with E-state index in [1.165, 1.54) is 44.6 Å². The number of anilines is 2. The molecule has 0 aliphatic heterocycles. The standard InChI is InChI=1S/C21H20N2O6S/c1-14(24)22-18-12-16(8-9-19(18)28-2)23-21(25)20-15(10-11-29-20)13-30(26,27)17-6-4-3-5-7-17/h3-12H,13H2,1-2H3,(H,22,24)(H,23,25). The van der Waals surface area contributed by atoms with E-state index in [1.807, 2.05) is 0 Å². The van der Waals surface area contributed by atoms with E-state index < -0.39 is 15.7 Å². The topological polar surface area (TPSA) is 115 Å². The monoisotopic (exact) mass is 428 g/mol. The Kier molecular flexibility index (Phi) is 6.22. The van der Waals surface area contributed by atoms with Gasteiger partial charge in [0.25, 0.3) is 5.91 Å². The van der Waals surface area contributed by atoms with Crippen molar-refractivity contribution in [2.45, 2.75) is 17.6 Å². The summed E-state index contributed by atoms with van der Waals surface area (Å²) in [4.78, 5) is 24.2. The molecule has 30 heavy (non-hydrogen) atoms. The van der Waals surface area contributed by atoms with Crippen LogP contribution in [0, 0.1) is 0 Å². The third kappa shape index (κ3) is 4.87. The Morgan fingerprint density at radius 3 is 2.43 bits per heavy atom. The Bertz CT molecular complexity index is 1170. The number of carbonyl (C=O) groups is 2. The lowest BCUT2D eigenvalue weighted by molar-refractivity contribution is -0.114. The van der Waals surface area contributed by atoms with Crippen LogP contribution in [0.15, 0.2) is 70.2 Å². The van der Waals surface area contributed by atoms with Gasteiger partial charge >= 0.3 is 0 Å². The number of ether oxygens (including phenoxy) is 1. The van der Waals surface area contributed by atoms with Crippen molar-refractivity contribution in [3.05, 3.63) is 72.2 Å². The highest BCUT2D eigenvalue weighted by molar-refractivity contribution is 7.90. The van der Waals surface area contributed by atoms with E-state index in [9.17, 15) is 18.0 Å². The second kappa shape index (κ2) is 8.83. The summed E-state index contributed by atoms with van der Waals surface area (Å²) in [7, 11) is -2.19. The zero-order valence-corrected chi connectivity index (χ0v) is 17.2. The molecule has 1 heterocycles. The number of sulfone groups is 1. The van der Waals surface area contributed by atoms with Crippen LogP contribution in [-0.4, -0.2) is 27.3 Å². The number of amides is 2. The normalized spacial score (nSPS) is 11.0. The average molecular weight is 428 g/mol. The average Bonchev–Trinajstić information content (AvgIpc) is 3.16. The van der Waals surface area contributed by atoms with Gasteiger partial charge in [-0.2, -0.15) is 0 Å². The molecule has 0 saturated carbocycles. The summed E-state index contributed by atoms with van der Waals surface area (Å²) in [5, 5.41) is 5.26. The molecule has 0 bridgehead atoms. The van der Waals surface area contributed by atoms with Crippen LogP contribution in [-0.2, 0) is 20.4 Å². The molecule has 2 amide bonds. The van der Waals surface area contributed by atoms with Crippen LogP contribution in [0.2, 0.25) is 0 Å². The fourth-order valence-electron chi connectivity index (χ4n) is 2.83. The summed E-state index contributed by atoms with van der Waals surface area (Å²) in [5.41, 5.74) is 0.999. The van der Waals surface area contributed by atoms with Crippen LogP contribution in [0.4, 0.5) is 11.4 Å². The molecule has 0 atom stereocenters. The summed E-state index contributed by atoms with van der Waals surface area (Å²) < 4.78 is 35.7. The highest BCUT2D eigenvalue weighted by Gasteiger charge is 2.22. The van der Waals surface area contributed by atoms with Gasteiger partial charge in [0.05, 0.1) is 29.7 Å². The lowest BCUT2D eigenvalue weighted by Crippen LogP contribution is -2.15. The molecule has 0 aliphatic carbocycles. The van der Waals surface area contributed by atoms with E-state index in [2.05, 4.69) is 10.6 Å². The van der Waals surface area contributed by atoms with Crippen molar-refractivity contribution in [3.63, 3.8) is 0 Å². The SMILES string of the molecule is COc1ccc(NC(=O)c2occc2CS(=O)(=O)c2ccccc2)cc1NC(C)=O. The van der Waals surface area contributed by atoms with Gasteiger partial charge in [0.15, 0.2) is 15.6 Å². The molecule has 2 N–H and O–H groups in total. The predicted molar refractivity (Wildman–Crippen MR) is 111 cm³/mol. The molecule has 0 spiro atoms. The molecule has 1 aromatic heterocycles. The predicted octanol–water partition coefficient (Wildman–Crippen LogP) is 3.47. The quantitative estimate of drug-likeness (QED) is 0.595. The van der Waals surface area contributed by atoms with E-state index in [1.54, 1.807) is 30.3 Å². The number of carbonyl (C=O) groups excluding carboxylic acids is 2. The van der Waals surface area contributed by atoms with Crippen molar-refractivity contribution in [3.8, 4) is 5.75 Å². The van der Waals surface area contributed by atoms with Crippen LogP contribution in [0.25, 0.3) is 0 Å². The van der Waals surface area contributed by atoms with Crippen molar-refractivity contribution in [2.75, 3.05) is 17.7 Å². The maximum Gasteiger partial charge on any atom is 0.291 e. The summed E-state index contributed by atoms with van der Waals surface area (Å²) in [5.74, 6) is -0.966. The second-order valence-electron chi connectivity index (χ2n) is 6.40. The zero-order valence-electron chi connectivity index (χ0n) is 16.3. The molecular weight excluding hydrogens is 408 g/mol. The van der Waals surface area contributed by atoms with Crippen molar-refractivity contribution in [1.29, 1.82) is 0 Å². The largest absolute Gasteiger partial charge is 0.495 e. The first-order chi connectivity index (χ1) is 14.3. The Labute approximate surface area is 173 Å². The van der Waals surface area contributed by atoms with E-state index in [-0.39, 0.29) is 27.9 Å². The van der Waals surface area contributed by atoms with Crippen LogP contribution >= 0.6 is 0 Å². The minimum Gasteiger partial charge on any atom is -0.495 e. The molecule has 3 rings (SSSR count). The molecule has 0 unspecified atom stereocenters. The van der Waals surface area contributed by atoms with Gasteiger partial charge in [0, 0.05) is 18.2 Å². The molecule has 156 valence electrons. The smallest absolute Gasteiger partial charge is 0.291 e. The number of hydrogen-bond donors (Lipinski definition) is 2. The van der Waals surface area contributed by atoms with E-state index >= 15 is 0 Å². The molecular formula is C21H20N2O6S. The molecule has 0 fully saturated rings. The number of hydrogen-bond acceptors (Lipinski definition) is 6. The van der Waals surface area contributed by atoms with Gasteiger partial charge in [-0.1, -0.05) is 18.2 Å². The third-order valence-electron chi connectivity index (χ3n) is 4.17. The minimum absolute atomic E-state index is 0.105. The minimum atomic E-state index is -3.65. The van der Waals surface area contributed by atoms with Crippen LogP contribution in [0.3, 0.4) is 0 Å². The fraction of sp³-hybridized carbons (Fsp3) is 0.143. The van der Waals surface area contributed by atoms with Gasteiger partial charge in [-0.25, -0.2) is 8.42 Å². The van der Waals surface area contributed by atoms with Crippen molar-refractivity contribution in [1.82, 2.24) is 0 Å². The number of methoxy groups -OCH3 is 1. The van der Waals surface area contributed by atoms with Crippen molar-refractivity contribution < 1.29 is 27.2 Å². The lowest BCUT2D eigenvalue weighted by atomic mass is 10.2. The number of nitrogens with one attached hydrogen (secondary N) is 2. The van der Waals surface area contributed by atoms with Crippen molar-refractivity contribution >= 4 is 33.0 Å². The molecule has 8 nitrogen and oxygen atoms in total. The molecule has 3 aromatic rings. The van der Waals surface area contributed by atoms with Gasteiger partial charge in [-0.15, -0.1) is 0 Å². The summed E-state index contributed by atoms with van der Waals surface area (Å²) in [6.45, 7) is 1.35. The van der Waals surface area contributed by atoms with Crippen LogP contribution in [0.1, 0.15) is 23.0 Å². The van der Waals surface area contributed by atoms with Gasteiger partial charge in [-0.05, 0) is 36.4 Å². The summed E-state index contributed by atoms with van der Waals surface area (Å²) in [6.07, 6.45) is 1.27. The van der Waals surface area contributed by atoms with Gasteiger partial charge < -0.3 is 19.8 Å². The third-order valence-corrected chi connectivity index (χ3v) is 5.85. The number of furan rings is 1. The van der Waals surface area contributed by atoms with Crippen molar-refractivity contribution in [2.24, 2.45) is 0 Å². The summed E-state index contributed by atoms with van der Waals surface area (Å²) in [6, 6.07) is 14.1. The highest BCUT2D eigenvalue weighted by Crippen LogP contribution is 2.28. The molecule has 0 aliphatic rings. The maximum atomic E-state index is 12.7. The second-order valence-corrected chi connectivity index (χ2v) is 8.39. The maximum absolute atomic E-state index is 12.7. The molecule has 2 aromatic carbocycles. The number of rotatable bonds is 7. The van der Waals surface area contributed by atoms with Gasteiger partial charge in [-0.3, -0.25) is 9.59 Å². The molecule has 0 saturated heterocycles. The Morgan fingerprint density at radius 2 is 1.77 bits per heavy atom. The molecule has 9 heteroatoms. The summed E-state index contributed by atoms with van der Waals surface area (Å²) >= 11 is 0. The van der Waals surface area contributed by atoms with Gasteiger partial charge in [0.2, 0.25) is 5.91 Å². The highest BCUT2D eigenvalue weighted by atomic mass is 32.2. The first kappa shape index (κ1) is 21.1. The zero-order chi connectivity index (χ0) is 21.7. The first-order valence-electron chi connectivity index (χ1n) is 8.91. The first-order valence-corrected chi connectivity index (χ1v) is 10.6. The van der Waals surface area contributed by atoms with Crippen LogP contribution in [0.5, 0.6) is 5.75 Å². The van der Waals surface area contributed by atoms with E-state index in [4.69, 9.17) is 9.15 Å². The Morgan fingerprint density at radius 1 is 1.03 bits per heavy atom. The Hall–Kier alpha value is -3.59.